The molecule has 0 aliphatic carbocycles. The van der Waals surface area contributed by atoms with Crippen molar-refractivity contribution in [3.63, 3.8) is 0 Å². The van der Waals surface area contributed by atoms with Crippen LogP contribution in [0.1, 0.15) is 0 Å². The van der Waals surface area contributed by atoms with Crippen molar-refractivity contribution < 1.29 is 14.0 Å². The fraction of sp³-hybridized carbons (Fsp3) is 0.231. The average Bonchev–Trinajstić information content (AvgIpc) is 2.39. The maximum atomic E-state index is 5.23. The van der Waals surface area contributed by atoms with E-state index in [1.807, 2.05) is 30.3 Å². The van der Waals surface area contributed by atoms with Crippen molar-refractivity contribution in [2.75, 3.05) is 21.3 Å². The number of hydrogen-bond acceptors (Lipinski definition) is 3. The number of methoxy groups -OCH3 is 1. The minimum atomic E-state index is -0.318. The second-order valence-corrected chi connectivity index (χ2v) is 3.78. The molecule has 0 bridgehead atoms. The third-order valence-corrected chi connectivity index (χ3v) is 2.77. The fourth-order valence-electron chi connectivity index (χ4n) is 1.88. The summed E-state index contributed by atoms with van der Waals surface area (Å²) >= 11 is 0. The molecule has 4 heteroatoms. The predicted molar refractivity (Wildman–Crippen MR) is 69.9 cm³/mol. The molecule has 2 aromatic rings. The summed E-state index contributed by atoms with van der Waals surface area (Å²) < 4.78 is 15.7. The predicted octanol–water partition coefficient (Wildman–Crippen LogP) is 1.84. The Bertz CT molecular complexity index is 509. The van der Waals surface area contributed by atoms with Crippen molar-refractivity contribution in [2.45, 2.75) is 0 Å². The first-order valence-corrected chi connectivity index (χ1v) is 5.42. The van der Waals surface area contributed by atoms with Gasteiger partial charge in [-0.2, -0.15) is 0 Å². The lowest BCUT2D eigenvalue weighted by Gasteiger charge is -2.10. The first-order chi connectivity index (χ1) is 8.28. The van der Waals surface area contributed by atoms with E-state index >= 15 is 0 Å². The van der Waals surface area contributed by atoms with Crippen molar-refractivity contribution >= 4 is 23.4 Å². The minimum absolute atomic E-state index is 0.318. The maximum absolute atomic E-state index is 5.23. The van der Waals surface area contributed by atoms with Gasteiger partial charge in [-0.3, -0.25) is 0 Å². The molecule has 0 heterocycles. The quantitative estimate of drug-likeness (QED) is 0.750. The van der Waals surface area contributed by atoms with Gasteiger partial charge in [0.25, 0.3) is 0 Å². The summed E-state index contributed by atoms with van der Waals surface area (Å²) in [7, 11) is 4.61. The van der Waals surface area contributed by atoms with E-state index in [4.69, 9.17) is 14.0 Å². The molecule has 0 N–H and O–H groups in total. The van der Waals surface area contributed by atoms with E-state index < -0.39 is 0 Å². The van der Waals surface area contributed by atoms with Gasteiger partial charge in [0.2, 0.25) is 0 Å². The molecule has 0 saturated heterocycles. The number of ether oxygens (including phenoxy) is 1. The van der Waals surface area contributed by atoms with E-state index in [9.17, 15) is 0 Å². The molecule has 0 fully saturated rings. The molecule has 0 aliphatic heterocycles. The molecular formula is C13H15BO3. The second kappa shape index (κ2) is 5.21. The molecule has 0 saturated carbocycles. The first kappa shape index (κ1) is 12.0. The molecule has 0 aromatic heterocycles. The summed E-state index contributed by atoms with van der Waals surface area (Å²) in [4.78, 5) is 0. The van der Waals surface area contributed by atoms with E-state index in [2.05, 4.69) is 6.07 Å². The van der Waals surface area contributed by atoms with E-state index in [0.717, 1.165) is 22.0 Å². The highest BCUT2D eigenvalue weighted by molar-refractivity contribution is 6.61. The molecule has 0 radical (unpaired) electrons. The van der Waals surface area contributed by atoms with Crippen LogP contribution in [-0.4, -0.2) is 28.4 Å². The van der Waals surface area contributed by atoms with Crippen molar-refractivity contribution in [1.82, 2.24) is 0 Å². The fourth-order valence-corrected chi connectivity index (χ4v) is 1.88. The van der Waals surface area contributed by atoms with Gasteiger partial charge < -0.3 is 14.0 Å². The Balaban J connectivity index is 2.44. The Morgan fingerprint density at radius 3 is 2.12 bits per heavy atom. The topological polar surface area (TPSA) is 27.7 Å². The van der Waals surface area contributed by atoms with Gasteiger partial charge in [0.15, 0.2) is 0 Å². The second-order valence-electron chi connectivity index (χ2n) is 3.78. The molecule has 3 nitrogen and oxygen atoms in total. The molecule has 2 rings (SSSR count). The lowest BCUT2D eigenvalue weighted by Crippen LogP contribution is -2.34. The lowest BCUT2D eigenvalue weighted by atomic mass is 9.78. The van der Waals surface area contributed by atoms with Crippen molar-refractivity contribution in [3.8, 4) is 5.75 Å². The molecule has 0 spiro atoms. The monoisotopic (exact) mass is 230 g/mol. The van der Waals surface area contributed by atoms with Gasteiger partial charge in [-0.05, 0) is 28.4 Å². The van der Waals surface area contributed by atoms with Crippen LogP contribution in [0, 0.1) is 0 Å². The Morgan fingerprint density at radius 1 is 0.824 bits per heavy atom. The summed E-state index contributed by atoms with van der Waals surface area (Å²) in [6.45, 7) is 0. The zero-order valence-electron chi connectivity index (χ0n) is 10.3. The number of hydrogen-bond donors (Lipinski definition) is 0. The molecule has 88 valence electrons. The normalized spacial score (nSPS) is 10.5. The zero-order valence-corrected chi connectivity index (χ0v) is 10.3. The Morgan fingerprint density at radius 2 is 1.47 bits per heavy atom. The number of fused-ring (bicyclic) bond motifs is 1. The molecule has 0 amide bonds. The molecule has 0 atom stereocenters. The van der Waals surface area contributed by atoms with Gasteiger partial charge >= 0.3 is 7.12 Å². The molecule has 2 aromatic carbocycles. The highest BCUT2D eigenvalue weighted by Crippen LogP contribution is 2.19. The average molecular weight is 230 g/mol. The van der Waals surface area contributed by atoms with Crippen LogP contribution >= 0.6 is 0 Å². The zero-order chi connectivity index (χ0) is 12.3. The maximum Gasteiger partial charge on any atom is 0.493 e. The van der Waals surface area contributed by atoms with Gasteiger partial charge in [-0.25, -0.2) is 0 Å². The third kappa shape index (κ3) is 2.43. The number of benzene rings is 2. The van der Waals surface area contributed by atoms with Crippen LogP contribution in [0.4, 0.5) is 0 Å². The van der Waals surface area contributed by atoms with Crippen molar-refractivity contribution in [3.05, 3.63) is 36.4 Å². The summed E-state index contributed by atoms with van der Waals surface area (Å²) in [5.74, 6) is 0.861. The van der Waals surface area contributed by atoms with E-state index in [0.29, 0.717) is 0 Å². The molecule has 17 heavy (non-hydrogen) atoms. The van der Waals surface area contributed by atoms with Crippen LogP contribution < -0.4 is 10.2 Å². The van der Waals surface area contributed by atoms with Crippen molar-refractivity contribution in [2.24, 2.45) is 0 Å². The van der Waals surface area contributed by atoms with Gasteiger partial charge in [-0.1, -0.05) is 24.3 Å². The van der Waals surface area contributed by atoms with Crippen LogP contribution in [0.15, 0.2) is 36.4 Å². The molecular weight excluding hydrogens is 215 g/mol. The van der Waals surface area contributed by atoms with Gasteiger partial charge in [0.05, 0.1) is 7.11 Å². The molecule has 0 aliphatic rings. The Labute approximate surface area is 101 Å². The summed E-state index contributed by atoms with van der Waals surface area (Å²) in [5, 5.41) is 2.28. The van der Waals surface area contributed by atoms with Crippen molar-refractivity contribution in [1.29, 1.82) is 0 Å². The van der Waals surface area contributed by atoms with Crippen LogP contribution in [0.25, 0.3) is 10.8 Å². The largest absolute Gasteiger partial charge is 0.497 e. The van der Waals surface area contributed by atoms with Gasteiger partial charge in [-0.15, -0.1) is 0 Å². The van der Waals surface area contributed by atoms with Gasteiger partial charge in [0.1, 0.15) is 5.75 Å². The lowest BCUT2D eigenvalue weighted by molar-refractivity contribution is 0.292. The van der Waals surface area contributed by atoms with E-state index in [1.54, 1.807) is 21.3 Å². The summed E-state index contributed by atoms with van der Waals surface area (Å²) in [6.07, 6.45) is 0. The highest BCUT2D eigenvalue weighted by atomic mass is 16.6. The van der Waals surface area contributed by atoms with Crippen LogP contribution in [0.2, 0.25) is 0 Å². The smallest absolute Gasteiger partial charge is 0.493 e. The van der Waals surface area contributed by atoms with Crippen LogP contribution in [0.5, 0.6) is 5.75 Å². The molecule has 0 unspecified atom stereocenters. The van der Waals surface area contributed by atoms with Gasteiger partial charge in [0, 0.05) is 14.2 Å². The standard InChI is InChI=1S/C13H15BO3/c1-15-13-7-5-10-8-12(14(16-2)17-3)6-4-11(10)9-13/h4-9H,1-3H3. The summed E-state index contributed by atoms with van der Waals surface area (Å²) in [5.41, 5.74) is 1.01. The van der Waals surface area contributed by atoms with Crippen LogP contribution in [0.3, 0.4) is 0 Å². The first-order valence-electron chi connectivity index (χ1n) is 5.42. The van der Waals surface area contributed by atoms with E-state index in [1.165, 1.54) is 0 Å². The summed E-state index contributed by atoms with van der Waals surface area (Å²) in [6, 6.07) is 12.1. The van der Waals surface area contributed by atoms with E-state index in [-0.39, 0.29) is 7.12 Å². The Hall–Kier alpha value is -1.52. The minimum Gasteiger partial charge on any atom is -0.497 e. The SMILES string of the molecule is COB(OC)c1ccc2cc(OC)ccc2c1. The number of rotatable bonds is 4. The van der Waals surface area contributed by atoms with Crippen LogP contribution in [-0.2, 0) is 9.31 Å². The third-order valence-electron chi connectivity index (χ3n) is 2.77. The Kier molecular flexibility index (Phi) is 3.66. The highest BCUT2D eigenvalue weighted by Gasteiger charge is 2.17.